The lowest BCUT2D eigenvalue weighted by Gasteiger charge is -2.37. The largest absolute Gasteiger partial charge is 0.497 e. The van der Waals surface area contributed by atoms with Crippen LogP contribution in [0, 0.1) is 9.49 Å². The minimum Gasteiger partial charge on any atom is -0.497 e. The third-order valence-electron chi connectivity index (χ3n) is 10.7. The van der Waals surface area contributed by atoms with Crippen molar-refractivity contribution >= 4 is 53.1 Å². The van der Waals surface area contributed by atoms with Crippen molar-refractivity contribution in [3.05, 3.63) is 130 Å². The smallest absolute Gasteiger partial charge is 0.268 e. The van der Waals surface area contributed by atoms with Crippen LogP contribution in [0.4, 0.5) is 11.4 Å². The highest BCUT2D eigenvalue weighted by atomic mass is 127. The number of halogens is 1. The zero-order valence-corrected chi connectivity index (χ0v) is 31.3. The molecule has 2 aliphatic rings. The molecule has 4 aromatic carbocycles. The standard InChI is InChI=1S/C39H41IN4O4Si/c1-26-37(49(3,4)31-18-16-30(47-2)17-19-31)36(21-22-43-24-34(41-42-43)32(25-45)27-11-7-5-8-12-27)48-39(26)33-23-28(40)15-20-35(33)44(38(39)46)29-13-9-6-10-14-29/h5-20,23-24,26,32,36-37,45H,21-22,25H2,1-4H3/t26-,32?,36+,37-,39+/m0/s1. The monoisotopic (exact) mass is 784 g/mol. The van der Waals surface area contributed by atoms with Gasteiger partial charge in [0.1, 0.15) is 5.75 Å². The number of fused-ring (bicyclic) bond motifs is 2. The van der Waals surface area contributed by atoms with E-state index in [0.717, 1.165) is 37.5 Å². The molecule has 1 N–H and O–H groups in total. The second-order valence-electron chi connectivity index (χ2n) is 13.6. The van der Waals surface area contributed by atoms with E-state index in [-0.39, 0.29) is 36.0 Å². The van der Waals surface area contributed by atoms with Crippen molar-refractivity contribution in [2.24, 2.45) is 5.92 Å². The van der Waals surface area contributed by atoms with Gasteiger partial charge in [-0.05, 0) is 82.6 Å². The van der Waals surface area contributed by atoms with Crippen LogP contribution in [0.15, 0.2) is 109 Å². The molecule has 1 amide bonds. The Morgan fingerprint density at radius 1 is 1.00 bits per heavy atom. The van der Waals surface area contributed by atoms with Crippen molar-refractivity contribution in [1.82, 2.24) is 15.0 Å². The van der Waals surface area contributed by atoms with E-state index >= 15 is 4.79 Å². The Morgan fingerprint density at radius 3 is 2.37 bits per heavy atom. The molecule has 0 bridgehead atoms. The van der Waals surface area contributed by atoms with Crippen LogP contribution in [-0.4, -0.2) is 53.9 Å². The molecule has 3 heterocycles. The first-order valence-corrected chi connectivity index (χ1v) is 20.9. The Hall–Kier alpha value is -3.84. The van der Waals surface area contributed by atoms with Crippen LogP contribution < -0.4 is 14.8 Å². The molecule has 5 atom stereocenters. The first kappa shape index (κ1) is 33.6. The maximum absolute atomic E-state index is 15.0. The van der Waals surface area contributed by atoms with E-state index in [1.807, 2.05) is 88.6 Å². The number of benzene rings is 4. The molecule has 1 unspecified atom stereocenters. The molecule has 1 aromatic heterocycles. The number of aliphatic hydroxyl groups excluding tert-OH is 1. The van der Waals surface area contributed by atoms with Crippen molar-refractivity contribution in [1.29, 1.82) is 0 Å². The first-order valence-electron chi connectivity index (χ1n) is 16.8. The molecule has 252 valence electrons. The van der Waals surface area contributed by atoms with Gasteiger partial charge in [-0.15, -0.1) is 5.10 Å². The summed E-state index contributed by atoms with van der Waals surface area (Å²) in [5, 5.41) is 20.5. The number of anilines is 2. The lowest BCUT2D eigenvalue weighted by molar-refractivity contribution is -0.145. The SMILES string of the molecule is COc1ccc([Si](C)(C)[C@@H]2[C@@H](CCn3cc(C(CO)c4ccccc4)nn3)O[C@]3(C(=O)N(c4ccccc4)c4ccc(I)cc43)[C@H]2C)cc1. The highest BCUT2D eigenvalue weighted by molar-refractivity contribution is 14.1. The fraction of sp³-hybridized carbons (Fsp3) is 0.308. The third-order valence-corrected chi connectivity index (χ3v) is 15.7. The van der Waals surface area contributed by atoms with Crippen molar-refractivity contribution in [3.8, 4) is 5.75 Å². The molecule has 7 rings (SSSR count). The fourth-order valence-corrected chi connectivity index (χ4v) is 12.8. The highest BCUT2D eigenvalue weighted by Crippen LogP contribution is 2.61. The van der Waals surface area contributed by atoms with Crippen molar-refractivity contribution in [2.75, 3.05) is 18.6 Å². The Bertz CT molecular complexity index is 1940. The van der Waals surface area contributed by atoms with Crippen LogP contribution in [-0.2, 0) is 21.7 Å². The van der Waals surface area contributed by atoms with Crippen molar-refractivity contribution in [2.45, 2.75) is 56.1 Å². The van der Waals surface area contributed by atoms with Gasteiger partial charge in [0.2, 0.25) is 0 Å². The summed E-state index contributed by atoms with van der Waals surface area (Å²) < 4.78 is 15.7. The number of amides is 1. The molecule has 5 aromatic rings. The number of aryl methyl sites for hydroxylation is 1. The molecule has 1 saturated heterocycles. The molecule has 8 nitrogen and oxygen atoms in total. The first-order chi connectivity index (χ1) is 23.7. The van der Waals surface area contributed by atoms with Crippen molar-refractivity contribution in [3.63, 3.8) is 0 Å². The zero-order chi connectivity index (χ0) is 34.3. The average Bonchev–Trinajstić information content (AvgIpc) is 3.78. The van der Waals surface area contributed by atoms with Crippen molar-refractivity contribution < 1.29 is 19.4 Å². The number of aliphatic hydroxyl groups is 1. The van der Waals surface area contributed by atoms with E-state index < -0.39 is 13.7 Å². The van der Waals surface area contributed by atoms with E-state index in [1.54, 1.807) is 7.11 Å². The lowest BCUT2D eigenvalue weighted by atomic mass is 9.82. The Labute approximate surface area is 302 Å². The molecular formula is C39H41IN4O4Si. The summed E-state index contributed by atoms with van der Waals surface area (Å²) >= 11 is 2.34. The van der Waals surface area contributed by atoms with E-state index in [4.69, 9.17) is 9.47 Å². The quantitative estimate of drug-likeness (QED) is 0.121. The van der Waals surface area contributed by atoms with E-state index in [9.17, 15) is 5.11 Å². The van der Waals surface area contributed by atoms with Crippen LogP contribution in [0.1, 0.15) is 36.1 Å². The number of carbonyl (C=O) groups is 1. The van der Waals surface area contributed by atoms with Crippen LogP contribution in [0.2, 0.25) is 18.6 Å². The normalized spacial score (nSPS) is 22.4. The number of para-hydroxylation sites is 1. The van der Waals surface area contributed by atoms with Crippen LogP contribution in [0.25, 0.3) is 0 Å². The molecule has 10 heteroatoms. The molecule has 0 aliphatic carbocycles. The predicted molar refractivity (Wildman–Crippen MR) is 202 cm³/mol. The summed E-state index contributed by atoms with van der Waals surface area (Å²) in [7, 11) is -0.614. The second kappa shape index (κ2) is 13.5. The Morgan fingerprint density at radius 2 is 1.69 bits per heavy atom. The number of carbonyl (C=O) groups excluding carboxylic acids is 1. The zero-order valence-electron chi connectivity index (χ0n) is 28.2. The van der Waals surface area contributed by atoms with Gasteiger partial charge in [-0.25, -0.2) is 0 Å². The van der Waals surface area contributed by atoms with E-state index in [0.29, 0.717) is 13.0 Å². The molecule has 49 heavy (non-hydrogen) atoms. The van der Waals surface area contributed by atoms with Gasteiger partial charge in [0.05, 0.1) is 45.2 Å². The van der Waals surface area contributed by atoms with Crippen LogP contribution in [0.5, 0.6) is 5.75 Å². The van der Waals surface area contributed by atoms with Gasteiger partial charge in [-0.2, -0.15) is 0 Å². The summed E-state index contributed by atoms with van der Waals surface area (Å²) in [6.07, 6.45) is 2.36. The Balaban J connectivity index is 1.27. The minimum atomic E-state index is -2.30. The van der Waals surface area contributed by atoms with Crippen LogP contribution in [0.3, 0.4) is 0 Å². The molecule has 1 fully saturated rings. The summed E-state index contributed by atoms with van der Waals surface area (Å²) in [6, 6.07) is 34.5. The fourth-order valence-electron chi connectivity index (χ4n) is 8.21. The highest BCUT2D eigenvalue weighted by Gasteiger charge is 2.66. The number of nitrogens with zero attached hydrogens (tertiary/aromatic N) is 4. The number of aromatic nitrogens is 3. The van der Waals surface area contributed by atoms with Gasteiger partial charge >= 0.3 is 0 Å². The molecule has 0 radical (unpaired) electrons. The molecule has 1 spiro atoms. The summed E-state index contributed by atoms with van der Waals surface area (Å²) in [5.41, 5.74) is 3.33. The maximum Gasteiger partial charge on any atom is 0.268 e. The van der Waals surface area contributed by atoms with Gasteiger partial charge in [0, 0.05) is 33.5 Å². The summed E-state index contributed by atoms with van der Waals surface area (Å²) in [5.74, 6) is 0.424. The average molecular weight is 785 g/mol. The summed E-state index contributed by atoms with van der Waals surface area (Å²) in [4.78, 5) is 16.9. The van der Waals surface area contributed by atoms with E-state index in [1.165, 1.54) is 5.19 Å². The predicted octanol–water partition coefficient (Wildman–Crippen LogP) is 7.00. The van der Waals surface area contributed by atoms with Gasteiger partial charge in [0.15, 0.2) is 5.60 Å². The Kier molecular flexibility index (Phi) is 9.24. The number of ether oxygens (including phenoxy) is 2. The summed E-state index contributed by atoms with van der Waals surface area (Å²) in [6.45, 7) is 7.52. The van der Waals surface area contributed by atoms with E-state index in [2.05, 4.69) is 83.3 Å². The minimum absolute atomic E-state index is 0.0353. The van der Waals surface area contributed by atoms with Gasteiger partial charge in [0.25, 0.3) is 5.91 Å². The molecular weight excluding hydrogens is 743 g/mol. The number of methoxy groups -OCH3 is 1. The maximum atomic E-state index is 15.0. The third kappa shape index (κ3) is 5.82. The lowest BCUT2D eigenvalue weighted by Crippen LogP contribution is -2.51. The topological polar surface area (TPSA) is 89.7 Å². The molecule has 0 saturated carbocycles. The van der Waals surface area contributed by atoms with Gasteiger partial charge < -0.3 is 14.6 Å². The van der Waals surface area contributed by atoms with Gasteiger partial charge in [-0.1, -0.05) is 91.1 Å². The number of rotatable bonds is 10. The number of hydrogen-bond acceptors (Lipinski definition) is 6. The number of hydrogen-bond donors (Lipinski definition) is 1. The second-order valence-corrected chi connectivity index (χ2v) is 19.6. The molecule has 2 aliphatic heterocycles. The van der Waals surface area contributed by atoms with Crippen LogP contribution >= 0.6 is 22.6 Å². The van der Waals surface area contributed by atoms with Gasteiger partial charge in [-0.3, -0.25) is 14.4 Å².